The number of para-hydroxylation sites is 1. The van der Waals surface area contributed by atoms with Crippen LogP contribution < -0.4 is 16.0 Å². The predicted octanol–water partition coefficient (Wildman–Crippen LogP) is 1.64. The normalized spacial score (nSPS) is 33.1. The van der Waals surface area contributed by atoms with Gasteiger partial charge in [-0.2, -0.15) is 0 Å². The van der Waals surface area contributed by atoms with Gasteiger partial charge in [0.25, 0.3) is 0 Å². The molecule has 1 saturated carbocycles. The van der Waals surface area contributed by atoms with Gasteiger partial charge in [0.05, 0.1) is 18.6 Å². The first kappa shape index (κ1) is 16.1. The standard InChI is InChI=1S/C19H27N3O2/c23-18-19(16-3-1-2-4-17(16)22-18)7-5-15(6-8-19)21-12-14-11-20-9-10-24-13-14/h1-4,14-15,20-21H,5-13H2,(H,22,23). The highest BCUT2D eigenvalue weighted by atomic mass is 16.5. The zero-order chi connectivity index (χ0) is 16.4. The minimum absolute atomic E-state index is 0.198. The van der Waals surface area contributed by atoms with E-state index in [1.54, 1.807) is 0 Å². The summed E-state index contributed by atoms with van der Waals surface area (Å²) in [5.41, 5.74) is 1.92. The van der Waals surface area contributed by atoms with Crippen molar-refractivity contribution in [1.29, 1.82) is 0 Å². The van der Waals surface area contributed by atoms with Gasteiger partial charge in [0.1, 0.15) is 0 Å². The largest absolute Gasteiger partial charge is 0.380 e. The molecule has 2 fully saturated rings. The van der Waals surface area contributed by atoms with Gasteiger partial charge < -0.3 is 20.7 Å². The average molecular weight is 329 g/mol. The van der Waals surface area contributed by atoms with Crippen molar-refractivity contribution in [2.45, 2.75) is 37.1 Å². The van der Waals surface area contributed by atoms with E-state index in [2.05, 4.69) is 22.0 Å². The van der Waals surface area contributed by atoms with Crippen LogP contribution in [0, 0.1) is 5.92 Å². The summed E-state index contributed by atoms with van der Waals surface area (Å²) < 4.78 is 5.62. The Kier molecular flexibility index (Phi) is 4.57. The highest BCUT2D eigenvalue weighted by Crippen LogP contribution is 2.47. The molecule has 1 aliphatic carbocycles. The van der Waals surface area contributed by atoms with E-state index in [0.717, 1.165) is 64.2 Å². The number of carbonyl (C=O) groups excluding carboxylic acids is 1. The number of benzene rings is 1. The Morgan fingerprint density at radius 2 is 2.08 bits per heavy atom. The Labute approximate surface area is 143 Å². The van der Waals surface area contributed by atoms with Gasteiger partial charge in [-0.05, 0) is 37.3 Å². The van der Waals surface area contributed by atoms with Gasteiger partial charge >= 0.3 is 0 Å². The fourth-order valence-corrected chi connectivity index (χ4v) is 4.41. The summed E-state index contributed by atoms with van der Waals surface area (Å²) in [6.45, 7) is 4.63. The Morgan fingerprint density at radius 3 is 2.96 bits per heavy atom. The van der Waals surface area contributed by atoms with Crippen molar-refractivity contribution in [3.8, 4) is 0 Å². The first-order valence-electron chi connectivity index (χ1n) is 9.21. The van der Waals surface area contributed by atoms with Gasteiger partial charge in [0.15, 0.2) is 0 Å². The summed E-state index contributed by atoms with van der Waals surface area (Å²) in [7, 11) is 0. The number of amides is 1. The predicted molar refractivity (Wildman–Crippen MR) is 94.2 cm³/mol. The lowest BCUT2D eigenvalue weighted by molar-refractivity contribution is -0.122. The molecule has 2 heterocycles. The van der Waals surface area contributed by atoms with Crippen molar-refractivity contribution >= 4 is 11.6 Å². The van der Waals surface area contributed by atoms with Crippen LogP contribution in [-0.2, 0) is 14.9 Å². The van der Waals surface area contributed by atoms with E-state index in [-0.39, 0.29) is 11.3 Å². The molecule has 0 radical (unpaired) electrons. The van der Waals surface area contributed by atoms with Crippen LogP contribution >= 0.6 is 0 Å². The van der Waals surface area contributed by atoms with Gasteiger partial charge in [0.2, 0.25) is 5.91 Å². The van der Waals surface area contributed by atoms with E-state index in [4.69, 9.17) is 4.74 Å². The number of hydrogen-bond donors (Lipinski definition) is 3. The minimum Gasteiger partial charge on any atom is -0.380 e. The highest BCUT2D eigenvalue weighted by Gasteiger charge is 2.48. The molecule has 0 aromatic heterocycles. The first-order valence-corrected chi connectivity index (χ1v) is 9.21. The molecule has 1 amide bonds. The van der Waals surface area contributed by atoms with E-state index in [1.807, 2.05) is 18.2 Å². The van der Waals surface area contributed by atoms with Crippen molar-refractivity contribution in [2.75, 3.05) is 38.2 Å². The zero-order valence-corrected chi connectivity index (χ0v) is 14.1. The van der Waals surface area contributed by atoms with Crippen LogP contribution in [0.15, 0.2) is 24.3 Å². The molecule has 1 unspecified atom stereocenters. The van der Waals surface area contributed by atoms with Crippen LogP contribution in [-0.4, -0.2) is 44.8 Å². The topological polar surface area (TPSA) is 62.4 Å². The van der Waals surface area contributed by atoms with E-state index in [1.165, 1.54) is 5.56 Å². The number of hydrogen-bond acceptors (Lipinski definition) is 4. The van der Waals surface area contributed by atoms with Gasteiger partial charge in [-0.1, -0.05) is 18.2 Å². The Balaban J connectivity index is 1.34. The molecule has 5 heteroatoms. The van der Waals surface area contributed by atoms with Crippen LogP contribution in [0.25, 0.3) is 0 Å². The first-order chi connectivity index (χ1) is 11.8. The third kappa shape index (κ3) is 2.96. The van der Waals surface area contributed by atoms with Crippen LogP contribution in [0.3, 0.4) is 0 Å². The van der Waals surface area contributed by atoms with Gasteiger partial charge in [-0.3, -0.25) is 4.79 Å². The molecule has 130 valence electrons. The van der Waals surface area contributed by atoms with Crippen molar-refractivity contribution in [3.63, 3.8) is 0 Å². The molecule has 2 aliphatic heterocycles. The SMILES string of the molecule is O=C1Nc2ccccc2C12CCC(NCC1CNCCOC1)CC2. The second-order valence-corrected chi connectivity index (χ2v) is 7.41. The third-order valence-electron chi connectivity index (χ3n) is 5.87. The molecule has 1 saturated heterocycles. The molecule has 1 aromatic carbocycles. The van der Waals surface area contributed by atoms with Crippen molar-refractivity contribution < 1.29 is 9.53 Å². The molecule has 0 bridgehead atoms. The van der Waals surface area contributed by atoms with E-state index >= 15 is 0 Å². The number of fused-ring (bicyclic) bond motifs is 2. The number of anilines is 1. The monoisotopic (exact) mass is 329 g/mol. The molecular weight excluding hydrogens is 302 g/mol. The molecule has 1 atom stereocenters. The summed E-state index contributed by atoms with van der Waals surface area (Å²) in [6.07, 6.45) is 3.99. The Bertz CT molecular complexity index is 588. The van der Waals surface area contributed by atoms with Gasteiger partial charge in [-0.15, -0.1) is 0 Å². The number of rotatable bonds is 3. The maximum atomic E-state index is 12.6. The summed E-state index contributed by atoms with van der Waals surface area (Å²) in [5.74, 6) is 0.738. The summed E-state index contributed by atoms with van der Waals surface area (Å²) in [5, 5.41) is 10.2. The quantitative estimate of drug-likeness (QED) is 0.789. The smallest absolute Gasteiger partial charge is 0.235 e. The Hall–Kier alpha value is -1.43. The maximum Gasteiger partial charge on any atom is 0.235 e. The van der Waals surface area contributed by atoms with E-state index < -0.39 is 0 Å². The molecule has 3 aliphatic rings. The fraction of sp³-hybridized carbons (Fsp3) is 0.632. The van der Waals surface area contributed by atoms with Crippen molar-refractivity contribution in [1.82, 2.24) is 10.6 Å². The number of nitrogens with one attached hydrogen (secondary N) is 3. The fourth-order valence-electron chi connectivity index (χ4n) is 4.41. The minimum atomic E-state index is -0.290. The van der Waals surface area contributed by atoms with E-state index in [9.17, 15) is 4.79 Å². The highest BCUT2D eigenvalue weighted by molar-refractivity contribution is 6.06. The van der Waals surface area contributed by atoms with Crippen LogP contribution in [0.5, 0.6) is 0 Å². The van der Waals surface area contributed by atoms with Gasteiger partial charge in [-0.25, -0.2) is 0 Å². The zero-order valence-electron chi connectivity index (χ0n) is 14.1. The third-order valence-corrected chi connectivity index (χ3v) is 5.87. The molecule has 1 spiro atoms. The maximum absolute atomic E-state index is 12.6. The molecule has 3 N–H and O–H groups in total. The lowest BCUT2D eigenvalue weighted by Crippen LogP contribution is -2.45. The van der Waals surface area contributed by atoms with E-state index in [0.29, 0.717) is 12.0 Å². The molecular formula is C19H27N3O2. The average Bonchev–Trinajstić information content (AvgIpc) is 2.79. The number of carbonyl (C=O) groups is 1. The Morgan fingerprint density at radius 1 is 1.25 bits per heavy atom. The molecule has 1 aromatic rings. The molecule has 4 rings (SSSR count). The van der Waals surface area contributed by atoms with Gasteiger partial charge in [0, 0.05) is 37.3 Å². The number of ether oxygens (including phenoxy) is 1. The van der Waals surface area contributed by atoms with Crippen LogP contribution in [0.2, 0.25) is 0 Å². The second kappa shape index (κ2) is 6.82. The summed E-state index contributed by atoms with van der Waals surface area (Å²) in [4.78, 5) is 12.6. The molecule has 24 heavy (non-hydrogen) atoms. The van der Waals surface area contributed by atoms with Crippen molar-refractivity contribution in [2.24, 2.45) is 5.92 Å². The van der Waals surface area contributed by atoms with Crippen LogP contribution in [0.4, 0.5) is 5.69 Å². The second-order valence-electron chi connectivity index (χ2n) is 7.41. The lowest BCUT2D eigenvalue weighted by Gasteiger charge is -2.36. The summed E-state index contributed by atoms with van der Waals surface area (Å²) >= 11 is 0. The van der Waals surface area contributed by atoms with Crippen LogP contribution in [0.1, 0.15) is 31.2 Å². The summed E-state index contributed by atoms with van der Waals surface area (Å²) in [6, 6.07) is 8.69. The molecule has 5 nitrogen and oxygen atoms in total. The lowest BCUT2D eigenvalue weighted by atomic mass is 9.69. The van der Waals surface area contributed by atoms with Crippen molar-refractivity contribution in [3.05, 3.63) is 29.8 Å².